The van der Waals surface area contributed by atoms with Gasteiger partial charge in [0.15, 0.2) is 0 Å². The Balaban J connectivity index is 2.44. The van der Waals surface area contributed by atoms with Crippen LogP contribution < -0.4 is 5.32 Å². The summed E-state index contributed by atoms with van der Waals surface area (Å²) in [6.07, 6.45) is 0.753. The molecule has 3 heteroatoms. The zero-order valence-electron chi connectivity index (χ0n) is 8.18. The summed E-state index contributed by atoms with van der Waals surface area (Å²) in [6, 6.07) is 0. The third-order valence-corrected chi connectivity index (χ3v) is 2.39. The van der Waals surface area contributed by atoms with E-state index in [4.69, 9.17) is 9.84 Å². The molecule has 1 aliphatic rings. The average molecular weight is 173 g/mol. The number of morpholine rings is 1. The van der Waals surface area contributed by atoms with Gasteiger partial charge in [-0.15, -0.1) is 0 Å². The van der Waals surface area contributed by atoms with Gasteiger partial charge in [0, 0.05) is 18.7 Å². The van der Waals surface area contributed by atoms with Crippen molar-refractivity contribution in [1.82, 2.24) is 5.32 Å². The second-order valence-electron chi connectivity index (χ2n) is 4.44. The fourth-order valence-electron chi connectivity index (χ4n) is 1.29. The van der Waals surface area contributed by atoms with E-state index in [1.54, 1.807) is 0 Å². The van der Waals surface area contributed by atoms with Crippen molar-refractivity contribution in [1.29, 1.82) is 0 Å². The van der Waals surface area contributed by atoms with Crippen LogP contribution in [0.25, 0.3) is 0 Å². The number of hydrogen-bond donors (Lipinski definition) is 2. The standard InChI is InChI=1S/C9H19NO2/c1-8(2)6-10-9(3,4-5-11)7-12-8/h10-11H,4-7H2,1-3H3. The van der Waals surface area contributed by atoms with Crippen LogP contribution >= 0.6 is 0 Å². The number of hydrogen-bond acceptors (Lipinski definition) is 3. The van der Waals surface area contributed by atoms with Gasteiger partial charge in [-0.1, -0.05) is 0 Å². The zero-order valence-corrected chi connectivity index (χ0v) is 8.18. The molecule has 1 aliphatic heterocycles. The number of aliphatic hydroxyl groups is 1. The Hall–Kier alpha value is -0.120. The predicted molar refractivity (Wildman–Crippen MR) is 48.1 cm³/mol. The first kappa shape index (κ1) is 9.96. The van der Waals surface area contributed by atoms with E-state index in [0.29, 0.717) is 6.61 Å². The molecule has 3 nitrogen and oxygen atoms in total. The molecule has 2 N–H and O–H groups in total. The van der Waals surface area contributed by atoms with Crippen molar-refractivity contribution in [3.8, 4) is 0 Å². The summed E-state index contributed by atoms with van der Waals surface area (Å²) in [5, 5.41) is 12.2. The van der Waals surface area contributed by atoms with Gasteiger partial charge in [0.25, 0.3) is 0 Å². The van der Waals surface area contributed by atoms with Crippen LogP contribution in [-0.2, 0) is 4.74 Å². The molecule has 0 aromatic carbocycles. The van der Waals surface area contributed by atoms with Crippen LogP contribution in [-0.4, -0.2) is 36.0 Å². The number of aliphatic hydroxyl groups excluding tert-OH is 1. The van der Waals surface area contributed by atoms with Crippen molar-refractivity contribution in [3.05, 3.63) is 0 Å². The summed E-state index contributed by atoms with van der Waals surface area (Å²) in [6.45, 7) is 7.97. The van der Waals surface area contributed by atoms with Crippen LogP contribution in [0.3, 0.4) is 0 Å². The minimum atomic E-state index is -0.0605. The Bertz CT molecular complexity index is 147. The van der Waals surface area contributed by atoms with Crippen molar-refractivity contribution in [2.75, 3.05) is 19.8 Å². The van der Waals surface area contributed by atoms with Crippen LogP contribution in [0, 0.1) is 0 Å². The molecule has 0 spiro atoms. The molecule has 0 bridgehead atoms. The lowest BCUT2D eigenvalue weighted by atomic mass is 9.94. The molecule has 1 fully saturated rings. The predicted octanol–water partition coefficient (Wildman–Crippen LogP) is 0.526. The first-order valence-corrected chi connectivity index (χ1v) is 4.47. The Kier molecular flexibility index (Phi) is 2.76. The van der Waals surface area contributed by atoms with Crippen LogP contribution in [0.4, 0.5) is 0 Å². The van der Waals surface area contributed by atoms with Crippen molar-refractivity contribution < 1.29 is 9.84 Å². The summed E-state index contributed by atoms with van der Waals surface area (Å²) in [7, 11) is 0. The molecule has 1 heterocycles. The zero-order chi connectivity index (χ0) is 9.24. The number of nitrogens with one attached hydrogen (secondary N) is 1. The van der Waals surface area contributed by atoms with E-state index >= 15 is 0 Å². The third kappa shape index (κ3) is 2.44. The minimum Gasteiger partial charge on any atom is -0.396 e. The Morgan fingerprint density at radius 2 is 2.08 bits per heavy atom. The Labute approximate surface area is 74.1 Å². The second-order valence-corrected chi connectivity index (χ2v) is 4.44. The Morgan fingerprint density at radius 1 is 1.42 bits per heavy atom. The highest BCUT2D eigenvalue weighted by Crippen LogP contribution is 2.21. The van der Waals surface area contributed by atoms with E-state index in [1.165, 1.54) is 0 Å². The SMILES string of the molecule is CC1(CCO)COC(C)(C)CN1. The van der Waals surface area contributed by atoms with Crippen molar-refractivity contribution in [2.24, 2.45) is 0 Å². The molecule has 0 aromatic heterocycles. The number of ether oxygens (including phenoxy) is 1. The van der Waals surface area contributed by atoms with Gasteiger partial charge in [-0.2, -0.15) is 0 Å². The first-order valence-electron chi connectivity index (χ1n) is 4.47. The van der Waals surface area contributed by atoms with E-state index in [2.05, 4.69) is 26.1 Å². The molecular weight excluding hydrogens is 154 g/mol. The molecule has 12 heavy (non-hydrogen) atoms. The Morgan fingerprint density at radius 3 is 2.50 bits per heavy atom. The van der Waals surface area contributed by atoms with Crippen LogP contribution in [0.5, 0.6) is 0 Å². The number of rotatable bonds is 2. The molecule has 0 amide bonds. The van der Waals surface area contributed by atoms with Crippen LogP contribution in [0.2, 0.25) is 0 Å². The topological polar surface area (TPSA) is 41.5 Å². The van der Waals surface area contributed by atoms with E-state index < -0.39 is 0 Å². The van der Waals surface area contributed by atoms with Crippen LogP contribution in [0.1, 0.15) is 27.2 Å². The van der Waals surface area contributed by atoms with Gasteiger partial charge in [-0.25, -0.2) is 0 Å². The summed E-state index contributed by atoms with van der Waals surface area (Å²) in [4.78, 5) is 0. The third-order valence-electron chi connectivity index (χ3n) is 2.39. The average Bonchev–Trinajstić information content (AvgIpc) is 1.98. The highest BCUT2D eigenvalue weighted by molar-refractivity contribution is 4.91. The van der Waals surface area contributed by atoms with Crippen molar-refractivity contribution in [2.45, 2.75) is 38.3 Å². The van der Waals surface area contributed by atoms with Crippen molar-refractivity contribution >= 4 is 0 Å². The lowest BCUT2D eigenvalue weighted by molar-refractivity contribution is -0.0870. The van der Waals surface area contributed by atoms with E-state index in [0.717, 1.165) is 13.0 Å². The minimum absolute atomic E-state index is 0.0374. The molecule has 1 unspecified atom stereocenters. The van der Waals surface area contributed by atoms with Gasteiger partial charge in [0.1, 0.15) is 0 Å². The monoisotopic (exact) mass is 173 g/mol. The lowest BCUT2D eigenvalue weighted by Gasteiger charge is -2.42. The van der Waals surface area contributed by atoms with Gasteiger partial charge in [-0.05, 0) is 27.2 Å². The first-order chi connectivity index (χ1) is 5.47. The molecule has 72 valence electrons. The summed E-state index contributed by atoms with van der Waals surface area (Å²) in [5.74, 6) is 0. The van der Waals surface area contributed by atoms with E-state index in [-0.39, 0.29) is 17.7 Å². The lowest BCUT2D eigenvalue weighted by Crippen LogP contribution is -2.59. The summed E-state index contributed by atoms with van der Waals surface area (Å²) < 4.78 is 5.66. The maximum atomic E-state index is 8.82. The maximum absolute atomic E-state index is 8.82. The van der Waals surface area contributed by atoms with E-state index in [9.17, 15) is 0 Å². The molecule has 0 aliphatic carbocycles. The van der Waals surface area contributed by atoms with Gasteiger partial charge in [0.2, 0.25) is 0 Å². The molecule has 0 radical (unpaired) electrons. The fourth-order valence-corrected chi connectivity index (χ4v) is 1.29. The fraction of sp³-hybridized carbons (Fsp3) is 1.00. The molecule has 0 aromatic rings. The summed E-state index contributed by atoms with van der Waals surface area (Å²) in [5.41, 5.74) is -0.0980. The molecule has 0 saturated carbocycles. The molecule has 1 rings (SSSR count). The molecule has 1 atom stereocenters. The second kappa shape index (κ2) is 3.32. The van der Waals surface area contributed by atoms with Crippen LogP contribution in [0.15, 0.2) is 0 Å². The normalized spacial score (nSPS) is 35.0. The molecule has 1 saturated heterocycles. The van der Waals surface area contributed by atoms with Crippen molar-refractivity contribution in [3.63, 3.8) is 0 Å². The van der Waals surface area contributed by atoms with E-state index in [1.807, 2.05) is 0 Å². The molecular formula is C9H19NO2. The van der Waals surface area contributed by atoms with Gasteiger partial charge >= 0.3 is 0 Å². The van der Waals surface area contributed by atoms with Gasteiger partial charge in [-0.3, -0.25) is 0 Å². The highest BCUT2D eigenvalue weighted by Gasteiger charge is 2.34. The maximum Gasteiger partial charge on any atom is 0.0751 e. The summed E-state index contributed by atoms with van der Waals surface area (Å²) >= 11 is 0. The highest BCUT2D eigenvalue weighted by atomic mass is 16.5. The van der Waals surface area contributed by atoms with Gasteiger partial charge < -0.3 is 15.2 Å². The smallest absolute Gasteiger partial charge is 0.0751 e. The largest absolute Gasteiger partial charge is 0.396 e. The van der Waals surface area contributed by atoms with Gasteiger partial charge in [0.05, 0.1) is 12.2 Å². The quantitative estimate of drug-likeness (QED) is 0.640.